The lowest BCUT2D eigenvalue weighted by molar-refractivity contribution is -0.119. The Morgan fingerprint density at radius 1 is 1.20 bits per heavy atom. The van der Waals surface area contributed by atoms with Crippen LogP contribution in [0.2, 0.25) is 0 Å². The molecular weight excluding hydrogens is 276 g/mol. The van der Waals surface area contributed by atoms with Crippen molar-refractivity contribution in [3.63, 3.8) is 0 Å². The average molecular weight is 298 g/mol. The first-order valence-corrected chi connectivity index (χ1v) is 8.18. The molecule has 0 aliphatic heterocycles. The summed E-state index contributed by atoms with van der Waals surface area (Å²) in [6, 6.07) is 4.90. The summed E-state index contributed by atoms with van der Waals surface area (Å²) in [6.45, 7) is 6.13. The maximum Gasteiger partial charge on any atom is 0.241 e. The first-order chi connectivity index (χ1) is 9.36. The van der Waals surface area contributed by atoms with Crippen molar-refractivity contribution in [2.75, 3.05) is 13.1 Å². The van der Waals surface area contributed by atoms with Crippen LogP contribution in [0.3, 0.4) is 0 Å². The number of nitrogens with one attached hydrogen (secondary N) is 2. The number of sulfonamides is 1. The molecule has 0 unspecified atom stereocenters. The zero-order valence-electron chi connectivity index (χ0n) is 12.2. The fourth-order valence-corrected chi connectivity index (χ4v) is 2.66. The number of carbonyl (C=O) groups excluding carboxylic acids is 1. The first kappa shape index (κ1) is 16.7. The minimum Gasteiger partial charge on any atom is -0.355 e. The number of unbranched alkanes of at least 4 members (excludes halogenated alkanes) is 1. The number of aryl methyl sites for hydroxylation is 2. The number of hydrogen-bond donors (Lipinski definition) is 2. The molecule has 112 valence electrons. The molecule has 0 saturated heterocycles. The van der Waals surface area contributed by atoms with E-state index in [1.165, 1.54) is 0 Å². The van der Waals surface area contributed by atoms with Crippen LogP contribution >= 0.6 is 0 Å². The van der Waals surface area contributed by atoms with Crippen LogP contribution < -0.4 is 10.0 Å². The Morgan fingerprint density at radius 3 is 2.50 bits per heavy atom. The second-order valence-corrected chi connectivity index (χ2v) is 6.54. The van der Waals surface area contributed by atoms with Crippen LogP contribution in [0.5, 0.6) is 0 Å². The molecule has 0 spiro atoms. The van der Waals surface area contributed by atoms with Gasteiger partial charge in [0.25, 0.3) is 0 Å². The van der Waals surface area contributed by atoms with Crippen LogP contribution in [0, 0.1) is 13.8 Å². The molecule has 0 fully saturated rings. The van der Waals surface area contributed by atoms with Crippen LogP contribution in [-0.2, 0) is 14.8 Å². The molecule has 0 bridgehead atoms. The number of amides is 1. The van der Waals surface area contributed by atoms with Gasteiger partial charge < -0.3 is 5.32 Å². The molecule has 5 nitrogen and oxygen atoms in total. The summed E-state index contributed by atoms with van der Waals surface area (Å²) in [6.07, 6.45) is 1.87. The van der Waals surface area contributed by atoms with E-state index in [-0.39, 0.29) is 17.3 Å². The molecule has 0 atom stereocenters. The zero-order valence-corrected chi connectivity index (χ0v) is 13.0. The summed E-state index contributed by atoms with van der Waals surface area (Å²) in [4.78, 5) is 11.7. The summed E-state index contributed by atoms with van der Waals surface area (Å²) in [5.74, 6) is -0.314. The average Bonchev–Trinajstić information content (AvgIpc) is 2.40. The van der Waals surface area contributed by atoms with E-state index < -0.39 is 10.0 Å². The third kappa shape index (κ3) is 4.94. The predicted molar refractivity (Wildman–Crippen MR) is 79.0 cm³/mol. The summed E-state index contributed by atoms with van der Waals surface area (Å²) < 4.78 is 26.4. The maximum atomic E-state index is 12.0. The van der Waals surface area contributed by atoms with E-state index >= 15 is 0 Å². The molecule has 1 aromatic rings. The Hall–Kier alpha value is -1.40. The van der Waals surface area contributed by atoms with E-state index in [1.807, 2.05) is 20.8 Å². The van der Waals surface area contributed by atoms with Gasteiger partial charge in [-0.15, -0.1) is 0 Å². The summed E-state index contributed by atoms with van der Waals surface area (Å²) in [7, 11) is -3.64. The zero-order chi connectivity index (χ0) is 15.2. The van der Waals surface area contributed by atoms with Gasteiger partial charge in [-0.2, -0.15) is 0 Å². The second kappa shape index (κ2) is 7.40. The Bertz CT molecular complexity index is 568. The van der Waals surface area contributed by atoms with Crippen molar-refractivity contribution >= 4 is 15.9 Å². The molecule has 0 aromatic heterocycles. The molecule has 2 N–H and O–H groups in total. The highest BCUT2D eigenvalue weighted by Gasteiger charge is 2.15. The molecule has 0 aliphatic carbocycles. The SMILES string of the molecule is CCCCNC(=O)CNS(=O)(=O)c1ccc(C)c(C)c1. The van der Waals surface area contributed by atoms with Gasteiger partial charge >= 0.3 is 0 Å². The van der Waals surface area contributed by atoms with Crippen molar-refractivity contribution < 1.29 is 13.2 Å². The Kier molecular flexibility index (Phi) is 6.16. The lowest BCUT2D eigenvalue weighted by Crippen LogP contribution is -2.37. The molecular formula is C14H22N2O3S. The quantitative estimate of drug-likeness (QED) is 0.749. The van der Waals surface area contributed by atoms with Gasteiger partial charge in [0.05, 0.1) is 11.4 Å². The van der Waals surface area contributed by atoms with Crippen LogP contribution in [0.15, 0.2) is 23.1 Å². The molecule has 0 saturated carbocycles. The summed E-state index contributed by atoms with van der Waals surface area (Å²) in [5, 5.41) is 2.66. The van der Waals surface area contributed by atoms with E-state index in [0.29, 0.717) is 6.54 Å². The predicted octanol–water partition coefficient (Wildman–Crippen LogP) is 1.50. The largest absolute Gasteiger partial charge is 0.355 e. The third-order valence-electron chi connectivity index (χ3n) is 3.06. The van der Waals surface area contributed by atoms with Gasteiger partial charge in [0.15, 0.2) is 0 Å². The van der Waals surface area contributed by atoms with Crippen LogP contribution in [0.1, 0.15) is 30.9 Å². The molecule has 1 rings (SSSR count). The Balaban J connectivity index is 2.61. The molecule has 0 heterocycles. The van der Waals surface area contributed by atoms with E-state index in [9.17, 15) is 13.2 Å². The monoisotopic (exact) mass is 298 g/mol. The van der Waals surface area contributed by atoms with Gasteiger partial charge in [0.2, 0.25) is 15.9 Å². The molecule has 20 heavy (non-hydrogen) atoms. The van der Waals surface area contributed by atoms with Crippen molar-refractivity contribution in [2.45, 2.75) is 38.5 Å². The van der Waals surface area contributed by atoms with Crippen molar-refractivity contribution in [1.82, 2.24) is 10.0 Å². The van der Waals surface area contributed by atoms with Crippen molar-refractivity contribution in [2.24, 2.45) is 0 Å². The third-order valence-corrected chi connectivity index (χ3v) is 4.46. The fraction of sp³-hybridized carbons (Fsp3) is 0.500. The van der Waals surface area contributed by atoms with Gasteiger partial charge in [0, 0.05) is 6.54 Å². The first-order valence-electron chi connectivity index (χ1n) is 6.70. The lowest BCUT2D eigenvalue weighted by Gasteiger charge is -2.09. The summed E-state index contributed by atoms with van der Waals surface area (Å²) in [5.41, 5.74) is 1.93. The van der Waals surface area contributed by atoms with Crippen LogP contribution in [0.4, 0.5) is 0 Å². The highest BCUT2D eigenvalue weighted by atomic mass is 32.2. The van der Waals surface area contributed by atoms with E-state index in [0.717, 1.165) is 24.0 Å². The number of hydrogen-bond acceptors (Lipinski definition) is 3. The number of benzene rings is 1. The fourth-order valence-electron chi connectivity index (χ4n) is 1.59. The maximum absolute atomic E-state index is 12.0. The van der Waals surface area contributed by atoms with Gasteiger partial charge in [-0.1, -0.05) is 19.4 Å². The molecule has 0 aliphatic rings. The minimum atomic E-state index is -3.64. The lowest BCUT2D eigenvalue weighted by atomic mass is 10.1. The molecule has 1 amide bonds. The highest BCUT2D eigenvalue weighted by Crippen LogP contribution is 2.14. The standard InChI is InChI=1S/C14H22N2O3S/c1-4-5-8-15-14(17)10-16-20(18,19)13-7-6-11(2)12(3)9-13/h6-7,9,16H,4-5,8,10H2,1-3H3,(H,15,17). The molecule has 6 heteroatoms. The van der Waals surface area contributed by atoms with E-state index in [4.69, 9.17) is 0 Å². The van der Waals surface area contributed by atoms with E-state index in [2.05, 4.69) is 10.0 Å². The van der Waals surface area contributed by atoms with E-state index in [1.54, 1.807) is 18.2 Å². The van der Waals surface area contributed by atoms with Gasteiger partial charge in [-0.05, 0) is 43.5 Å². The molecule has 1 aromatic carbocycles. The van der Waals surface area contributed by atoms with Crippen LogP contribution in [0.25, 0.3) is 0 Å². The minimum absolute atomic E-state index is 0.182. The summed E-state index contributed by atoms with van der Waals surface area (Å²) >= 11 is 0. The highest BCUT2D eigenvalue weighted by molar-refractivity contribution is 7.89. The van der Waals surface area contributed by atoms with Gasteiger partial charge in [0.1, 0.15) is 0 Å². The Morgan fingerprint density at radius 2 is 1.90 bits per heavy atom. The molecule has 0 radical (unpaired) electrons. The number of carbonyl (C=O) groups is 1. The van der Waals surface area contributed by atoms with Crippen molar-refractivity contribution in [3.05, 3.63) is 29.3 Å². The van der Waals surface area contributed by atoms with Crippen molar-refractivity contribution in [1.29, 1.82) is 0 Å². The normalized spacial score (nSPS) is 11.3. The van der Waals surface area contributed by atoms with Crippen LogP contribution in [-0.4, -0.2) is 27.4 Å². The number of rotatable bonds is 7. The smallest absolute Gasteiger partial charge is 0.241 e. The van der Waals surface area contributed by atoms with Crippen molar-refractivity contribution in [3.8, 4) is 0 Å². The topological polar surface area (TPSA) is 75.3 Å². The van der Waals surface area contributed by atoms with Gasteiger partial charge in [-0.25, -0.2) is 13.1 Å². The Labute approximate surface area is 120 Å². The van der Waals surface area contributed by atoms with Gasteiger partial charge in [-0.3, -0.25) is 4.79 Å². The second-order valence-electron chi connectivity index (χ2n) is 4.77.